The molecule has 1 aliphatic rings. The summed E-state index contributed by atoms with van der Waals surface area (Å²) in [5, 5.41) is 4.76. The molecule has 320 valence electrons. The predicted molar refractivity (Wildman–Crippen MR) is 286 cm³/mol. The Morgan fingerprint density at radius 2 is 0.794 bits per heavy atom. The molecular formula is C63H42N4S. The van der Waals surface area contributed by atoms with E-state index in [9.17, 15) is 0 Å². The number of rotatable bonds is 8. The van der Waals surface area contributed by atoms with Crippen molar-refractivity contribution in [2.75, 3.05) is 9.80 Å². The lowest BCUT2D eigenvalue weighted by Gasteiger charge is -2.33. The predicted octanol–water partition coefficient (Wildman–Crippen LogP) is 17.7. The fourth-order valence-electron chi connectivity index (χ4n) is 9.96. The number of fused-ring (bicyclic) bond motifs is 8. The molecule has 2 heterocycles. The van der Waals surface area contributed by atoms with Crippen LogP contribution in [0.1, 0.15) is 0 Å². The van der Waals surface area contributed by atoms with Gasteiger partial charge in [-0.25, -0.2) is 4.98 Å². The second-order valence-corrected chi connectivity index (χ2v) is 18.2. The molecule has 0 aliphatic carbocycles. The molecule has 4 nitrogen and oxygen atoms in total. The van der Waals surface area contributed by atoms with Crippen LogP contribution in [0.2, 0.25) is 0 Å². The Morgan fingerprint density at radius 1 is 0.338 bits per heavy atom. The molecule has 0 atom stereocenters. The molecule has 0 N–H and O–H groups in total. The van der Waals surface area contributed by atoms with Crippen LogP contribution < -0.4 is 9.80 Å². The second-order valence-electron chi connectivity index (χ2n) is 17.2. The molecule has 68 heavy (non-hydrogen) atoms. The van der Waals surface area contributed by atoms with E-state index < -0.39 is 0 Å². The van der Waals surface area contributed by atoms with E-state index in [1.54, 1.807) is 0 Å². The van der Waals surface area contributed by atoms with Crippen LogP contribution in [-0.4, -0.2) is 9.55 Å². The van der Waals surface area contributed by atoms with Gasteiger partial charge in [-0.1, -0.05) is 169 Å². The van der Waals surface area contributed by atoms with Crippen LogP contribution in [0.4, 0.5) is 34.1 Å². The largest absolute Gasteiger partial charge is 0.311 e. The van der Waals surface area contributed by atoms with Gasteiger partial charge in [0, 0.05) is 54.6 Å². The Balaban J connectivity index is 0.905. The van der Waals surface area contributed by atoms with Gasteiger partial charge < -0.3 is 9.80 Å². The van der Waals surface area contributed by atoms with E-state index in [0.29, 0.717) is 0 Å². The first kappa shape index (κ1) is 39.7. The number of hydrogen-bond acceptors (Lipinski definition) is 4. The number of hydrogen-bond donors (Lipinski definition) is 0. The van der Waals surface area contributed by atoms with Crippen molar-refractivity contribution < 1.29 is 0 Å². The highest BCUT2D eigenvalue weighted by Crippen LogP contribution is 2.52. The SMILES string of the molecule is c1ccc(-c2ccc(N(c3ccc(-c4ccc5c(c4)Sc4ccccc4N5c4ccccc4)cc3)c3ccc(-c4nc5c6ccccc6c6ccccc6c5n4-c4ccccc4)cc3)cc2)cc1. The van der Waals surface area contributed by atoms with E-state index >= 15 is 0 Å². The summed E-state index contributed by atoms with van der Waals surface area (Å²) in [6.45, 7) is 0. The first-order valence-corrected chi connectivity index (χ1v) is 23.9. The Hall–Kier alpha value is -8.64. The number of para-hydroxylation sites is 3. The zero-order valence-electron chi connectivity index (χ0n) is 36.9. The van der Waals surface area contributed by atoms with Crippen molar-refractivity contribution >= 4 is 78.5 Å². The Bertz CT molecular complexity index is 3790. The Labute approximate surface area is 399 Å². The minimum atomic E-state index is 0.904. The van der Waals surface area contributed by atoms with Gasteiger partial charge >= 0.3 is 0 Å². The summed E-state index contributed by atoms with van der Waals surface area (Å²) in [4.78, 5) is 12.7. The molecule has 0 bridgehead atoms. The van der Waals surface area contributed by atoms with Crippen LogP contribution in [0, 0.1) is 0 Å². The molecule has 0 radical (unpaired) electrons. The maximum absolute atomic E-state index is 5.51. The summed E-state index contributed by atoms with van der Waals surface area (Å²) in [5.74, 6) is 0.904. The van der Waals surface area contributed by atoms with Gasteiger partial charge in [0.15, 0.2) is 0 Å². The standard InChI is InChI=1S/C63H42N4S/c1-4-16-43(17-5-1)44-28-35-50(36-29-44)65(51-37-30-45(31-38-51)47-34-41-58-60(42-47)68-59-27-15-14-26-57(59)66(58)48-18-6-2-7-19-48)52-39-32-46(33-40-52)63-64-61-55-24-12-10-22-53(55)54-23-11-13-25-56(54)62(61)67(63)49-20-8-3-9-21-49/h1-42H. The maximum Gasteiger partial charge on any atom is 0.145 e. The van der Waals surface area contributed by atoms with Crippen molar-refractivity contribution in [2.45, 2.75) is 9.79 Å². The Kier molecular flexibility index (Phi) is 9.73. The highest BCUT2D eigenvalue weighted by atomic mass is 32.2. The van der Waals surface area contributed by atoms with Crippen molar-refractivity contribution in [1.82, 2.24) is 9.55 Å². The molecule has 12 aromatic rings. The molecule has 0 unspecified atom stereocenters. The third kappa shape index (κ3) is 6.83. The summed E-state index contributed by atoms with van der Waals surface area (Å²) in [7, 11) is 0. The van der Waals surface area contributed by atoms with Gasteiger partial charge in [-0.3, -0.25) is 4.57 Å². The number of benzene rings is 11. The van der Waals surface area contributed by atoms with Gasteiger partial charge in [0.25, 0.3) is 0 Å². The highest BCUT2D eigenvalue weighted by molar-refractivity contribution is 7.99. The fraction of sp³-hybridized carbons (Fsp3) is 0. The van der Waals surface area contributed by atoms with Gasteiger partial charge in [-0.15, -0.1) is 0 Å². The lowest BCUT2D eigenvalue weighted by molar-refractivity contribution is 1.11. The van der Waals surface area contributed by atoms with E-state index in [0.717, 1.165) is 61.8 Å². The lowest BCUT2D eigenvalue weighted by atomic mass is 10.00. The van der Waals surface area contributed by atoms with E-state index in [-0.39, 0.29) is 0 Å². The molecule has 0 saturated carbocycles. The first-order valence-electron chi connectivity index (χ1n) is 23.0. The van der Waals surface area contributed by atoms with Crippen molar-refractivity contribution in [1.29, 1.82) is 0 Å². The molecule has 0 amide bonds. The Morgan fingerprint density at radius 3 is 1.44 bits per heavy atom. The van der Waals surface area contributed by atoms with Crippen LogP contribution in [0.5, 0.6) is 0 Å². The molecule has 13 rings (SSSR count). The molecule has 1 aromatic heterocycles. The number of nitrogens with zero attached hydrogens (tertiary/aromatic N) is 4. The van der Waals surface area contributed by atoms with Crippen molar-refractivity contribution in [2.24, 2.45) is 0 Å². The first-order chi connectivity index (χ1) is 33.7. The van der Waals surface area contributed by atoms with Crippen molar-refractivity contribution in [3.05, 3.63) is 255 Å². The van der Waals surface area contributed by atoms with Gasteiger partial charge in [0.2, 0.25) is 0 Å². The summed E-state index contributed by atoms with van der Waals surface area (Å²) in [5.41, 5.74) is 15.7. The number of aromatic nitrogens is 2. The van der Waals surface area contributed by atoms with E-state index in [1.807, 2.05) is 11.8 Å². The third-order valence-electron chi connectivity index (χ3n) is 13.2. The van der Waals surface area contributed by atoms with E-state index in [4.69, 9.17) is 4.98 Å². The molecule has 0 saturated heterocycles. The van der Waals surface area contributed by atoms with Gasteiger partial charge in [-0.2, -0.15) is 0 Å². The maximum atomic E-state index is 5.51. The van der Waals surface area contributed by atoms with Crippen LogP contribution in [0.15, 0.2) is 265 Å². The minimum absolute atomic E-state index is 0.904. The van der Waals surface area contributed by atoms with Gasteiger partial charge in [-0.05, 0) is 130 Å². The summed E-state index contributed by atoms with van der Waals surface area (Å²) >= 11 is 1.84. The zero-order chi connectivity index (χ0) is 45.0. The van der Waals surface area contributed by atoms with Crippen LogP contribution in [-0.2, 0) is 0 Å². The zero-order valence-corrected chi connectivity index (χ0v) is 37.8. The quantitative estimate of drug-likeness (QED) is 0.142. The highest BCUT2D eigenvalue weighted by Gasteiger charge is 2.26. The van der Waals surface area contributed by atoms with Crippen LogP contribution in [0.25, 0.3) is 71.9 Å². The summed E-state index contributed by atoms with van der Waals surface area (Å²) < 4.78 is 2.34. The molecular weight excluding hydrogens is 845 g/mol. The third-order valence-corrected chi connectivity index (χ3v) is 14.3. The minimum Gasteiger partial charge on any atom is -0.311 e. The lowest BCUT2D eigenvalue weighted by Crippen LogP contribution is -2.14. The summed E-state index contributed by atoms with van der Waals surface area (Å²) in [6.07, 6.45) is 0. The number of imidazole rings is 1. The average molecular weight is 887 g/mol. The topological polar surface area (TPSA) is 24.3 Å². The fourth-order valence-corrected chi connectivity index (χ4v) is 11.1. The monoisotopic (exact) mass is 886 g/mol. The molecule has 11 aromatic carbocycles. The van der Waals surface area contributed by atoms with Gasteiger partial charge in [0.05, 0.1) is 22.4 Å². The van der Waals surface area contributed by atoms with E-state index in [1.165, 1.54) is 54.0 Å². The average Bonchev–Trinajstić information content (AvgIpc) is 3.83. The van der Waals surface area contributed by atoms with Crippen molar-refractivity contribution in [3.63, 3.8) is 0 Å². The van der Waals surface area contributed by atoms with E-state index in [2.05, 4.69) is 269 Å². The molecule has 0 fully saturated rings. The second kappa shape index (κ2) is 16.7. The normalized spacial score (nSPS) is 12.0. The molecule has 5 heteroatoms. The smallest absolute Gasteiger partial charge is 0.145 e. The summed E-state index contributed by atoms with van der Waals surface area (Å²) in [6, 6.07) is 91.6. The molecule has 0 spiro atoms. The molecule has 1 aliphatic heterocycles. The van der Waals surface area contributed by atoms with Gasteiger partial charge in [0.1, 0.15) is 5.82 Å². The van der Waals surface area contributed by atoms with Crippen LogP contribution >= 0.6 is 11.8 Å². The number of anilines is 6. The van der Waals surface area contributed by atoms with Crippen molar-refractivity contribution in [3.8, 4) is 39.3 Å². The van der Waals surface area contributed by atoms with Crippen LogP contribution in [0.3, 0.4) is 0 Å².